The third-order valence-electron chi connectivity index (χ3n) is 5.09. The lowest BCUT2D eigenvalue weighted by Gasteiger charge is -2.18. The number of thioether (sulfide) groups is 1. The van der Waals surface area contributed by atoms with Gasteiger partial charge in [0.15, 0.2) is 11.6 Å². The van der Waals surface area contributed by atoms with Crippen LogP contribution in [0.3, 0.4) is 0 Å². The molecule has 3 rings (SSSR count). The highest BCUT2D eigenvalue weighted by molar-refractivity contribution is 8.00. The van der Waals surface area contributed by atoms with Gasteiger partial charge in [0.25, 0.3) is 5.22 Å². The van der Waals surface area contributed by atoms with E-state index in [0.717, 1.165) is 5.56 Å². The van der Waals surface area contributed by atoms with Crippen LogP contribution < -0.4 is 0 Å². The number of hydrogen-bond donors (Lipinski definition) is 1. The number of Topliss-reactive ketones (excluding diaryl/α,β-unsaturated/α-hetero) is 2. The van der Waals surface area contributed by atoms with Crippen LogP contribution in [0.1, 0.15) is 72.3 Å². The van der Waals surface area contributed by atoms with Crippen LogP contribution in [0.5, 0.6) is 0 Å². The van der Waals surface area contributed by atoms with Crippen LogP contribution in [0, 0.1) is 13.8 Å². The summed E-state index contributed by atoms with van der Waals surface area (Å²) >= 11 is 1.21. The summed E-state index contributed by atoms with van der Waals surface area (Å²) in [5.41, 5.74) is 4.55. The second-order valence-corrected chi connectivity index (χ2v) is 9.80. The summed E-state index contributed by atoms with van der Waals surface area (Å²) in [4.78, 5) is 27.8. The van der Waals surface area contributed by atoms with Gasteiger partial charge in [0, 0.05) is 16.8 Å². The molecule has 0 unspecified atom stereocenters. The second kappa shape index (κ2) is 8.22. The second-order valence-electron chi connectivity index (χ2n) is 8.51. The lowest BCUT2D eigenvalue weighted by Crippen LogP contribution is -2.15. The third kappa shape index (κ3) is 4.41. The Hall–Kier alpha value is -2.67. The molecule has 0 fully saturated rings. The van der Waals surface area contributed by atoms with Crippen molar-refractivity contribution in [1.82, 2.24) is 15.2 Å². The highest BCUT2D eigenvalue weighted by Gasteiger charge is 2.26. The van der Waals surface area contributed by atoms with E-state index in [2.05, 4.69) is 48.1 Å². The predicted octanol–water partition coefficient (Wildman–Crippen LogP) is 5.55. The topological polar surface area (TPSA) is 88.9 Å². The Morgan fingerprint density at radius 1 is 1.10 bits per heavy atom. The zero-order valence-electron chi connectivity index (χ0n) is 18.4. The molecule has 158 valence electrons. The Morgan fingerprint density at radius 3 is 2.27 bits per heavy atom. The van der Waals surface area contributed by atoms with Crippen molar-refractivity contribution in [2.75, 3.05) is 0 Å². The van der Waals surface area contributed by atoms with Gasteiger partial charge in [0.2, 0.25) is 5.89 Å². The fourth-order valence-electron chi connectivity index (χ4n) is 3.42. The number of rotatable bonds is 6. The molecule has 0 spiro atoms. The molecule has 6 nitrogen and oxygen atoms in total. The molecule has 30 heavy (non-hydrogen) atoms. The first-order valence-corrected chi connectivity index (χ1v) is 10.7. The largest absolute Gasteiger partial charge is 0.411 e. The number of carbonyl (C=O) groups is 2. The maximum Gasteiger partial charge on any atom is 0.277 e. The molecule has 7 heteroatoms. The number of nitrogens with one attached hydrogen (secondary N) is 1. The van der Waals surface area contributed by atoms with Crippen molar-refractivity contribution in [1.29, 1.82) is 0 Å². The first kappa shape index (κ1) is 22.0. The Labute approximate surface area is 180 Å². The van der Waals surface area contributed by atoms with Crippen molar-refractivity contribution >= 4 is 23.3 Å². The summed E-state index contributed by atoms with van der Waals surface area (Å²) in [6.45, 7) is 13.4. The van der Waals surface area contributed by atoms with Crippen LogP contribution in [-0.4, -0.2) is 32.0 Å². The van der Waals surface area contributed by atoms with Crippen molar-refractivity contribution in [3.63, 3.8) is 0 Å². The van der Waals surface area contributed by atoms with Gasteiger partial charge in [0.1, 0.15) is 0 Å². The molecule has 1 aromatic carbocycles. The van der Waals surface area contributed by atoms with E-state index in [-0.39, 0.29) is 17.0 Å². The molecule has 0 aliphatic carbocycles. The van der Waals surface area contributed by atoms with Gasteiger partial charge in [-0.25, -0.2) is 0 Å². The molecule has 1 N–H and O–H groups in total. The zero-order chi connectivity index (χ0) is 22.2. The number of H-pyrrole nitrogens is 1. The smallest absolute Gasteiger partial charge is 0.277 e. The fraction of sp³-hybridized carbons (Fsp3) is 0.391. The summed E-state index contributed by atoms with van der Waals surface area (Å²) in [6, 6.07) is 8.04. The number of aryl methyl sites for hydroxylation is 1. The summed E-state index contributed by atoms with van der Waals surface area (Å²) in [5.74, 6) is 0.255. The van der Waals surface area contributed by atoms with E-state index in [0.29, 0.717) is 33.6 Å². The summed E-state index contributed by atoms with van der Waals surface area (Å²) in [7, 11) is 0. The van der Waals surface area contributed by atoms with Crippen LogP contribution in [0.2, 0.25) is 0 Å². The fourth-order valence-corrected chi connectivity index (χ4v) is 4.16. The van der Waals surface area contributed by atoms with Crippen molar-refractivity contribution in [2.24, 2.45) is 0 Å². The van der Waals surface area contributed by atoms with E-state index in [1.54, 1.807) is 20.8 Å². The highest BCUT2D eigenvalue weighted by atomic mass is 32.2. The maximum atomic E-state index is 12.9. The SMILES string of the molecule is CC(=O)c1c(C)[nH]c(C(=O)[C@@H](C)Sc2nnc(-c3ccc(C(C)(C)C)cc3)o2)c1C. The lowest BCUT2D eigenvalue weighted by atomic mass is 9.87. The molecule has 0 radical (unpaired) electrons. The lowest BCUT2D eigenvalue weighted by molar-refractivity contribution is 0.0988. The summed E-state index contributed by atoms with van der Waals surface area (Å²) < 4.78 is 5.77. The average Bonchev–Trinajstić information content (AvgIpc) is 3.24. The first-order chi connectivity index (χ1) is 14.0. The molecule has 2 aromatic heterocycles. The maximum absolute atomic E-state index is 12.9. The normalized spacial score (nSPS) is 12.8. The molecular weight excluding hydrogens is 398 g/mol. The van der Waals surface area contributed by atoms with Crippen molar-refractivity contribution in [3.8, 4) is 11.5 Å². The molecule has 0 saturated heterocycles. The van der Waals surface area contributed by atoms with E-state index >= 15 is 0 Å². The molecule has 2 heterocycles. The van der Waals surface area contributed by atoms with Crippen molar-refractivity contribution < 1.29 is 14.0 Å². The molecule has 0 amide bonds. The van der Waals surface area contributed by atoms with Gasteiger partial charge in [0.05, 0.1) is 10.9 Å². The van der Waals surface area contributed by atoms with E-state index < -0.39 is 5.25 Å². The molecular formula is C23H27N3O3S. The average molecular weight is 426 g/mol. The number of ketones is 2. The number of nitrogens with zero attached hydrogens (tertiary/aromatic N) is 2. The Balaban J connectivity index is 1.75. The quantitative estimate of drug-likeness (QED) is 0.412. The van der Waals surface area contributed by atoms with Crippen LogP contribution in [-0.2, 0) is 5.41 Å². The van der Waals surface area contributed by atoms with Gasteiger partial charge in [-0.05, 0) is 56.4 Å². The number of benzene rings is 1. The van der Waals surface area contributed by atoms with Gasteiger partial charge in [-0.1, -0.05) is 44.7 Å². The number of aromatic amines is 1. The molecule has 1 atom stereocenters. The zero-order valence-corrected chi connectivity index (χ0v) is 19.2. The molecule has 3 aromatic rings. The number of aromatic nitrogens is 3. The van der Waals surface area contributed by atoms with Gasteiger partial charge in [-0.2, -0.15) is 0 Å². The van der Waals surface area contributed by atoms with E-state index in [9.17, 15) is 9.59 Å². The number of carbonyl (C=O) groups excluding carboxylic acids is 2. The summed E-state index contributed by atoms with van der Waals surface area (Å²) in [6.07, 6.45) is 0. The standard InChI is InChI=1S/C23H27N3O3S/c1-12-18(14(3)27)13(2)24-19(12)20(28)15(4)30-22-26-25-21(29-22)16-8-10-17(11-9-16)23(5,6)7/h8-11,15,24H,1-7H3/t15-/m1/s1. The third-order valence-corrected chi connectivity index (χ3v) is 6.02. The molecule has 0 saturated carbocycles. The first-order valence-electron chi connectivity index (χ1n) is 9.84. The molecule has 0 bridgehead atoms. The van der Waals surface area contributed by atoms with Gasteiger partial charge in [-0.3, -0.25) is 9.59 Å². The van der Waals surface area contributed by atoms with Gasteiger partial charge >= 0.3 is 0 Å². The highest BCUT2D eigenvalue weighted by Crippen LogP contribution is 2.30. The van der Waals surface area contributed by atoms with Crippen LogP contribution >= 0.6 is 11.8 Å². The minimum atomic E-state index is -0.446. The van der Waals surface area contributed by atoms with E-state index in [1.165, 1.54) is 24.2 Å². The molecule has 0 aliphatic rings. The van der Waals surface area contributed by atoms with Crippen molar-refractivity contribution in [3.05, 3.63) is 52.3 Å². The Morgan fingerprint density at radius 2 is 1.73 bits per heavy atom. The van der Waals surface area contributed by atoms with Crippen molar-refractivity contribution in [2.45, 2.75) is 64.4 Å². The molecule has 0 aliphatic heterocycles. The Bertz CT molecular complexity index is 1090. The van der Waals surface area contributed by atoms with Crippen LogP contribution in [0.15, 0.2) is 33.9 Å². The Kier molecular flexibility index (Phi) is 6.04. The van der Waals surface area contributed by atoms with Gasteiger partial charge in [-0.15, -0.1) is 10.2 Å². The number of hydrogen-bond acceptors (Lipinski definition) is 6. The monoisotopic (exact) mass is 425 g/mol. The predicted molar refractivity (Wildman–Crippen MR) is 118 cm³/mol. The van der Waals surface area contributed by atoms with Crippen LogP contribution in [0.4, 0.5) is 0 Å². The van der Waals surface area contributed by atoms with E-state index in [4.69, 9.17) is 4.42 Å². The summed E-state index contributed by atoms with van der Waals surface area (Å²) in [5, 5.41) is 8.09. The van der Waals surface area contributed by atoms with Gasteiger partial charge < -0.3 is 9.40 Å². The van der Waals surface area contributed by atoms with E-state index in [1.807, 2.05) is 12.1 Å². The van der Waals surface area contributed by atoms with Crippen LogP contribution in [0.25, 0.3) is 11.5 Å². The minimum absolute atomic E-state index is 0.0559. The minimum Gasteiger partial charge on any atom is -0.411 e.